The molecule has 2 amide bonds. The van der Waals surface area contributed by atoms with Crippen LogP contribution in [-0.2, 0) is 34.0 Å². The van der Waals surface area contributed by atoms with Crippen molar-refractivity contribution in [3.05, 3.63) is 65.8 Å². The molecule has 0 saturated carbocycles. The highest BCUT2D eigenvalue weighted by Crippen LogP contribution is 2.20. The molecule has 3 aromatic heterocycles. The Morgan fingerprint density at radius 2 is 2.18 bits per heavy atom. The van der Waals surface area contributed by atoms with E-state index in [1.807, 2.05) is 0 Å². The zero-order chi connectivity index (χ0) is 26.8. The maximum atomic E-state index is 13.4. The fraction of sp³-hybridized carbons (Fsp3) is 0.360. The number of carbonyl (C=O) groups is 2. The number of aromatic amines is 1. The van der Waals surface area contributed by atoms with Crippen molar-refractivity contribution in [2.24, 2.45) is 0 Å². The van der Waals surface area contributed by atoms with Crippen molar-refractivity contribution in [2.75, 3.05) is 26.3 Å². The van der Waals surface area contributed by atoms with Gasteiger partial charge in [-0.3, -0.25) is 9.59 Å². The van der Waals surface area contributed by atoms with Crippen LogP contribution in [0.15, 0.2) is 42.7 Å². The van der Waals surface area contributed by atoms with E-state index in [-0.39, 0.29) is 56.9 Å². The summed E-state index contributed by atoms with van der Waals surface area (Å²) in [6, 6.07) is 7.11. The molecule has 4 aromatic rings. The van der Waals surface area contributed by atoms with Crippen LogP contribution in [0.25, 0.3) is 11.0 Å². The Bertz CT molecular complexity index is 1510. The van der Waals surface area contributed by atoms with Crippen molar-refractivity contribution in [2.45, 2.75) is 31.9 Å². The highest BCUT2D eigenvalue weighted by atomic mass is 19.1. The number of amides is 2. The van der Waals surface area contributed by atoms with Crippen LogP contribution in [0.1, 0.15) is 22.0 Å². The topological polar surface area (TPSA) is 149 Å². The number of benzene rings is 1. The maximum absolute atomic E-state index is 13.4. The number of ether oxygens (including phenoxy) is 3. The van der Waals surface area contributed by atoms with Crippen LogP contribution in [0.3, 0.4) is 0 Å². The molecule has 2 atom stereocenters. The Kier molecular flexibility index (Phi) is 6.85. The van der Waals surface area contributed by atoms with E-state index in [0.29, 0.717) is 34.8 Å². The van der Waals surface area contributed by atoms with E-state index in [4.69, 9.17) is 14.2 Å². The van der Waals surface area contributed by atoms with Crippen molar-refractivity contribution >= 4 is 22.8 Å². The lowest BCUT2D eigenvalue weighted by Gasteiger charge is -2.20. The van der Waals surface area contributed by atoms with Gasteiger partial charge < -0.3 is 29.4 Å². The summed E-state index contributed by atoms with van der Waals surface area (Å²) >= 11 is 0. The minimum Gasteiger partial charge on any atom is -0.489 e. The number of hydrogen-bond acceptors (Lipinski definition) is 9. The van der Waals surface area contributed by atoms with Crippen LogP contribution >= 0.6 is 0 Å². The number of hydrogen-bond donors (Lipinski definition) is 2. The van der Waals surface area contributed by atoms with Gasteiger partial charge >= 0.3 is 0 Å². The highest BCUT2D eigenvalue weighted by Gasteiger charge is 2.38. The fourth-order valence-electron chi connectivity index (χ4n) is 4.58. The summed E-state index contributed by atoms with van der Waals surface area (Å²) in [5, 5.41) is 11.2. The monoisotopic (exact) mass is 536 g/mol. The number of carbonyl (C=O) groups excluding carboxylic acids is 2. The Hall–Kier alpha value is -4.43. The number of H-pyrrole nitrogens is 1. The van der Waals surface area contributed by atoms with E-state index in [1.165, 1.54) is 18.3 Å². The number of rotatable bonds is 4. The zero-order valence-corrected chi connectivity index (χ0v) is 20.7. The lowest BCUT2D eigenvalue weighted by Crippen LogP contribution is -2.44. The van der Waals surface area contributed by atoms with Gasteiger partial charge in [-0.05, 0) is 30.3 Å². The number of likely N-dealkylation sites (tertiary alicyclic amines) is 1. The SMILES string of the molecule is O=C1N[C@H]2CN(C(=O)COCc3nc4ccc(F)cc4[nH]3)C[C@@H]2OCc2cn(nn2)CCOc2cccnc21. The van der Waals surface area contributed by atoms with Crippen molar-refractivity contribution in [1.29, 1.82) is 0 Å². The third kappa shape index (κ3) is 5.56. The van der Waals surface area contributed by atoms with Gasteiger partial charge in [0.05, 0.1) is 42.5 Å². The van der Waals surface area contributed by atoms with Crippen LogP contribution in [0.4, 0.5) is 4.39 Å². The summed E-state index contributed by atoms with van der Waals surface area (Å²) in [5.41, 5.74) is 1.93. The highest BCUT2D eigenvalue weighted by molar-refractivity contribution is 5.95. The van der Waals surface area contributed by atoms with Crippen LogP contribution in [0.2, 0.25) is 0 Å². The second-order valence-electron chi connectivity index (χ2n) is 9.24. The lowest BCUT2D eigenvalue weighted by atomic mass is 10.2. The molecule has 0 radical (unpaired) electrons. The fourth-order valence-corrected chi connectivity index (χ4v) is 4.58. The van der Waals surface area contributed by atoms with E-state index in [9.17, 15) is 14.0 Å². The van der Waals surface area contributed by atoms with E-state index in [1.54, 1.807) is 34.0 Å². The summed E-state index contributed by atoms with van der Waals surface area (Å²) < 4.78 is 32.5. The Labute approximate surface area is 221 Å². The van der Waals surface area contributed by atoms with E-state index < -0.39 is 18.1 Å². The average molecular weight is 537 g/mol. The van der Waals surface area contributed by atoms with Gasteiger partial charge in [0, 0.05) is 19.3 Å². The molecule has 2 aliphatic heterocycles. The van der Waals surface area contributed by atoms with Crippen molar-refractivity contribution in [3.63, 3.8) is 0 Å². The van der Waals surface area contributed by atoms with Crippen LogP contribution in [0, 0.1) is 5.82 Å². The molecule has 0 aliphatic carbocycles. The van der Waals surface area contributed by atoms with E-state index >= 15 is 0 Å². The predicted molar refractivity (Wildman–Crippen MR) is 132 cm³/mol. The number of nitrogens with zero attached hydrogens (tertiary/aromatic N) is 6. The summed E-state index contributed by atoms with van der Waals surface area (Å²) in [5.74, 6) is -0.240. The molecule has 0 spiro atoms. The minimum absolute atomic E-state index is 0.0497. The van der Waals surface area contributed by atoms with Crippen LogP contribution in [-0.4, -0.2) is 85.1 Å². The van der Waals surface area contributed by atoms with Crippen molar-refractivity contribution < 1.29 is 28.2 Å². The second kappa shape index (κ2) is 10.7. The molecule has 2 bridgehead atoms. The predicted octanol–water partition coefficient (Wildman–Crippen LogP) is 0.824. The first-order valence-electron chi connectivity index (χ1n) is 12.4. The molecule has 13 nitrogen and oxygen atoms in total. The Morgan fingerprint density at radius 1 is 1.26 bits per heavy atom. The number of imidazole rings is 1. The first kappa shape index (κ1) is 24.9. The molecule has 6 rings (SSSR count). The van der Waals surface area contributed by atoms with Crippen LogP contribution < -0.4 is 10.1 Å². The van der Waals surface area contributed by atoms with E-state index in [0.717, 1.165) is 0 Å². The number of aromatic nitrogens is 6. The molecular formula is C25H25FN8O5. The van der Waals surface area contributed by atoms with Gasteiger partial charge in [-0.15, -0.1) is 5.10 Å². The first-order valence-corrected chi connectivity index (χ1v) is 12.4. The molecule has 0 unspecified atom stereocenters. The Morgan fingerprint density at radius 3 is 3.10 bits per heavy atom. The van der Waals surface area contributed by atoms with Crippen LogP contribution in [0.5, 0.6) is 5.75 Å². The molecule has 202 valence electrons. The molecule has 2 aliphatic rings. The normalized spacial score (nSPS) is 19.6. The van der Waals surface area contributed by atoms with Gasteiger partial charge in [-0.1, -0.05) is 5.21 Å². The van der Waals surface area contributed by atoms with Crippen molar-refractivity contribution in [1.82, 2.24) is 40.2 Å². The van der Waals surface area contributed by atoms with E-state index in [2.05, 4.69) is 30.6 Å². The third-order valence-electron chi connectivity index (χ3n) is 6.49. The summed E-state index contributed by atoms with van der Waals surface area (Å²) in [6.07, 6.45) is 2.79. The van der Waals surface area contributed by atoms with Crippen molar-refractivity contribution in [3.8, 4) is 5.75 Å². The molecule has 14 heteroatoms. The maximum Gasteiger partial charge on any atom is 0.274 e. The number of fused-ring (bicyclic) bond motifs is 5. The van der Waals surface area contributed by atoms with Gasteiger partial charge in [0.15, 0.2) is 11.4 Å². The second-order valence-corrected chi connectivity index (χ2v) is 9.24. The molecule has 39 heavy (non-hydrogen) atoms. The smallest absolute Gasteiger partial charge is 0.274 e. The van der Waals surface area contributed by atoms with Gasteiger partial charge in [0.1, 0.15) is 37.2 Å². The molecule has 5 heterocycles. The minimum atomic E-state index is -0.500. The Balaban J connectivity index is 1.13. The lowest BCUT2D eigenvalue weighted by molar-refractivity contribution is -0.136. The summed E-state index contributed by atoms with van der Waals surface area (Å²) in [7, 11) is 0. The van der Waals surface area contributed by atoms with Gasteiger partial charge in [0.25, 0.3) is 5.91 Å². The zero-order valence-electron chi connectivity index (χ0n) is 20.7. The largest absolute Gasteiger partial charge is 0.489 e. The summed E-state index contributed by atoms with van der Waals surface area (Å²) in [6.45, 7) is 1.18. The molecule has 1 aromatic carbocycles. The molecule has 1 fully saturated rings. The quantitative estimate of drug-likeness (QED) is 0.387. The third-order valence-corrected chi connectivity index (χ3v) is 6.49. The number of pyridine rings is 1. The van der Waals surface area contributed by atoms with Gasteiger partial charge in [-0.2, -0.15) is 0 Å². The number of nitrogens with one attached hydrogen (secondary N) is 2. The molecule has 1 saturated heterocycles. The molecular weight excluding hydrogens is 511 g/mol. The van der Waals surface area contributed by atoms with Gasteiger partial charge in [0.2, 0.25) is 5.91 Å². The number of halogens is 1. The first-order chi connectivity index (χ1) is 19.0. The molecule has 2 N–H and O–H groups in total. The van der Waals surface area contributed by atoms with Gasteiger partial charge in [-0.25, -0.2) is 19.0 Å². The standard InChI is InChI=1S/C25H25FN8O5/c26-15-3-4-17-18(8-15)29-22(28-17)13-37-14-23(35)33-10-19-21(11-33)39-12-16-9-34(32-31-16)6-7-38-20-2-1-5-27-24(20)25(36)30-19/h1-5,8-9,19,21H,6-7,10-14H2,(H,28,29)(H,30,36)/t19-,21-/m0/s1. The summed E-state index contributed by atoms with van der Waals surface area (Å²) in [4.78, 5) is 39.2. The average Bonchev–Trinajstić information content (AvgIpc) is 3.65.